The fourth-order valence-electron chi connectivity index (χ4n) is 2.86. The normalized spacial score (nSPS) is 16.1. The predicted molar refractivity (Wildman–Crippen MR) is 81.8 cm³/mol. The van der Waals surface area contributed by atoms with Gasteiger partial charge in [0.2, 0.25) is 0 Å². The number of fused-ring (bicyclic) bond motifs is 3. The number of rotatable bonds is 2. The summed E-state index contributed by atoms with van der Waals surface area (Å²) in [5, 5.41) is 11.0. The van der Waals surface area contributed by atoms with Gasteiger partial charge in [0.25, 0.3) is 5.69 Å². The Labute approximate surface area is 125 Å². The summed E-state index contributed by atoms with van der Waals surface area (Å²) in [5.74, 6) is 0. The van der Waals surface area contributed by atoms with Crippen molar-refractivity contribution in [2.24, 2.45) is 0 Å². The zero-order valence-corrected chi connectivity index (χ0v) is 12.7. The van der Waals surface area contributed by atoms with Crippen molar-refractivity contribution >= 4 is 21.6 Å². The van der Waals surface area contributed by atoms with Gasteiger partial charge in [0.05, 0.1) is 11.0 Å². The van der Waals surface area contributed by atoms with E-state index in [1.165, 1.54) is 5.56 Å². The Bertz CT molecular complexity index is 713. The molecule has 4 nitrogen and oxygen atoms in total. The highest BCUT2D eigenvalue weighted by Crippen LogP contribution is 2.47. The molecule has 3 rings (SSSR count). The van der Waals surface area contributed by atoms with Crippen LogP contribution in [0, 0.1) is 10.1 Å². The molecule has 0 spiro atoms. The molecule has 1 atom stereocenters. The smallest absolute Gasteiger partial charge is 0.269 e. The molecule has 0 amide bonds. The molecule has 0 aromatic heterocycles. The Morgan fingerprint density at radius 1 is 1.10 bits per heavy atom. The summed E-state index contributed by atoms with van der Waals surface area (Å²) in [6.45, 7) is 0. The third-order valence-electron chi connectivity index (χ3n) is 3.66. The van der Waals surface area contributed by atoms with Gasteiger partial charge in [0.15, 0.2) is 0 Å². The Morgan fingerprint density at radius 2 is 1.70 bits per heavy atom. The van der Waals surface area contributed by atoms with Crippen LogP contribution in [-0.2, 0) is 0 Å². The first-order valence-electron chi connectivity index (χ1n) is 6.23. The van der Waals surface area contributed by atoms with E-state index in [4.69, 9.17) is 0 Å². The molecule has 0 heterocycles. The van der Waals surface area contributed by atoms with Crippen molar-refractivity contribution in [2.45, 2.75) is 6.04 Å². The topological polar surface area (TPSA) is 46.4 Å². The van der Waals surface area contributed by atoms with E-state index in [2.05, 4.69) is 33.0 Å². The van der Waals surface area contributed by atoms with Crippen LogP contribution in [0.15, 0.2) is 40.9 Å². The number of nitrogens with zero attached hydrogens (tertiary/aromatic N) is 2. The molecule has 102 valence electrons. The van der Waals surface area contributed by atoms with Gasteiger partial charge >= 0.3 is 0 Å². The van der Waals surface area contributed by atoms with E-state index in [-0.39, 0.29) is 16.7 Å². The lowest BCUT2D eigenvalue weighted by Crippen LogP contribution is -2.19. The highest BCUT2D eigenvalue weighted by Gasteiger charge is 2.31. The maximum absolute atomic E-state index is 11.0. The van der Waals surface area contributed by atoms with Crippen molar-refractivity contribution in [1.82, 2.24) is 4.90 Å². The van der Waals surface area contributed by atoms with Crippen LogP contribution in [0.4, 0.5) is 5.69 Å². The maximum atomic E-state index is 11.0. The van der Waals surface area contributed by atoms with Gasteiger partial charge in [-0.2, -0.15) is 0 Å². The summed E-state index contributed by atoms with van der Waals surface area (Å²) in [6.07, 6.45) is 0. The lowest BCUT2D eigenvalue weighted by Gasteiger charge is -2.21. The maximum Gasteiger partial charge on any atom is 0.269 e. The van der Waals surface area contributed by atoms with E-state index < -0.39 is 0 Å². The van der Waals surface area contributed by atoms with Crippen molar-refractivity contribution < 1.29 is 4.92 Å². The van der Waals surface area contributed by atoms with Crippen LogP contribution < -0.4 is 0 Å². The highest BCUT2D eigenvalue weighted by molar-refractivity contribution is 9.10. The Hall–Kier alpha value is -1.72. The first-order valence-corrected chi connectivity index (χ1v) is 7.03. The molecule has 0 saturated heterocycles. The molecule has 0 saturated carbocycles. The number of halogens is 1. The highest BCUT2D eigenvalue weighted by atomic mass is 79.9. The van der Waals surface area contributed by atoms with Crippen molar-refractivity contribution in [3.05, 3.63) is 62.1 Å². The van der Waals surface area contributed by atoms with Crippen molar-refractivity contribution in [1.29, 1.82) is 0 Å². The first-order chi connectivity index (χ1) is 9.49. The molecule has 0 unspecified atom stereocenters. The number of benzene rings is 2. The molecular formula is C15H13BrN2O2. The zero-order valence-electron chi connectivity index (χ0n) is 11.1. The summed E-state index contributed by atoms with van der Waals surface area (Å²) in [5.41, 5.74) is 4.55. The third kappa shape index (κ3) is 1.94. The minimum absolute atomic E-state index is 0.0531. The minimum atomic E-state index is -0.341. The molecule has 5 heteroatoms. The van der Waals surface area contributed by atoms with Crippen molar-refractivity contribution in [3.63, 3.8) is 0 Å². The number of hydrogen-bond donors (Lipinski definition) is 0. The Kier molecular flexibility index (Phi) is 3.11. The van der Waals surface area contributed by atoms with E-state index in [9.17, 15) is 10.1 Å². The van der Waals surface area contributed by atoms with E-state index in [1.807, 2.05) is 26.2 Å². The zero-order chi connectivity index (χ0) is 14.4. The Balaban J connectivity index is 2.26. The third-order valence-corrected chi connectivity index (χ3v) is 4.15. The van der Waals surface area contributed by atoms with Crippen LogP contribution in [0.1, 0.15) is 17.2 Å². The fraction of sp³-hybridized carbons (Fsp3) is 0.200. The lowest BCUT2D eigenvalue weighted by atomic mass is 10.0. The van der Waals surface area contributed by atoms with Gasteiger partial charge in [0, 0.05) is 16.6 Å². The SMILES string of the molecule is CN(C)[C@H]1c2cc(Br)ccc2-c2ccc([N+](=O)[O-])cc21. The van der Waals surface area contributed by atoms with Crippen LogP contribution in [0.5, 0.6) is 0 Å². The minimum Gasteiger partial charge on any atom is -0.299 e. The summed E-state index contributed by atoms with van der Waals surface area (Å²) >= 11 is 3.50. The van der Waals surface area contributed by atoms with Gasteiger partial charge < -0.3 is 0 Å². The molecule has 20 heavy (non-hydrogen) atoms. The van der Waals surface area contributed by atoms with E-state index in [0.717, 1.165) is 21.2 Å². The quantitative estimate of drug-likeness (QED) is 0.617. The molecule has 2 aromatic rings. The van der Waals surface area contributed by atoms with E-state index in [0.29, 0.717) is 0 Å². The van der Waals surface area contributed by atoms with Gasteiger partial charge in [-0.05, 0) is 54.5 Å². The monoisotopic (exact) mass is 332 g/mol. The largest absolute Gasteiger partial charge is 0.299 e. The van der Waals surface area contributed by atoms with Gasteiger partial charge in [-0.3, -0.25) is 15.0 Å². The van der Waals surface area contributed by atoms with Gasteiger partial charge in [0.1, 0.15) is 0 Å². The average molecular weight is 333 g/mol. The van der Waals surface area contributed by atoms with Crippen LogP contribution in [0.2, 0.25) is 0 Å². The number of hydrogen-bond acceptors (Lipinski definition) is 3. The molecule has 2 aromatic carbocycles. The van der Waals surface area contributed by atoms with Gasteiger partial charge in [-0.25, -0.2) is 0 Å². The second-order valence-electron chi connectivity index (χ2n) is 5.13. The lowest BCUT2D eigenvalue weighted by molar-refractivity contribution is -0.384. The molecule has 0 N–H and O–H groups in total. The first kappa shape index (κ1) is 13.3. The Morgan fingerprint density at radius 3 is 2.30 bits per heavy atom. The van der Waals surface area contributed by atoms with E-state index >= 15 is 0 Å². The standard InChI is InChI=1S/C15H13BrN2O2/c1-17(2)15-13-7-9(16)3-5-11(13)12-6-4-10(18(19)20)8-14(12)15/h3-8,15H,1-2H3/t15-/m0/s1. The number of nitro groups is 1. The van der Waals surface area contributed by atoms with Crippen LogP contribution in [0.3, 0.4) is 0 Å². The second kappa shape index (κ2) is 4.68. The van der Waals surface area contributed by atoms with Crippen LogP contribution in [0.25, 0.3) is 11.1 Å². The van der Waals surface area contributed by atoms with E-state index in [1.54, 1.807) is 12.1 Å². The average Bonchev–Trinajstić information content (AvgIpc) is 2.70. The van der Waals surface area contributed by atoms with Crippen molar-refractivity contribution in [3.8, 4) is 11.1 Å². The molecule has 1 aliphatic carbocycles. The molecule has 0 radical (unpaired) electrons. The molecule has 0 aliphatic heterocycles. The summed E-state index contributed by atoms with van der Waals surface area (Å²) in [4.78, 5) is 12.7. The summed E-state index contributed by atoms with van der Waals surface area (Å²) < 4.78 is 1.02. The number of non-ortho nitro benzene ring substituents is 1. The summed E-state index contributed by atoms with van der Waals surface area (Å²) in [7, 11) is 3.98. The van der Waals surface area contributed by atoms with Crippen LogP contribution in [-0.4, -0.2) is 23.9 Å². The molecular weight excluding hydrogens is 320 g/mol. The molecule has 1 aliphatic rings. The van der Waals surface area contributed by atoms with Gasteiger partial charge in [-0.15, -0.1) is 0 Å². The number of nitro benzene ring substituents is 1. The molecule has 0 fully saturated rings. The van der Waals surface area contributed by atoms with Crippen molar-refractivity contribution in [2.75, 3.05) is 14.1 Å². The fourth-order valence-corrected chi connectivity index (χ4v) is 3.24. The van der Waals surface area contributed by atoms with Crippen LogP contribution >= 0.6 is 15.9 Å². The summed E-state index contributed by atoms with van der Waals surface area (Å²) in [6, 6.07) is 11.3. The van der Waals surface area contributed by atoms with Gasteiger partial charge in [-0.1, -0.05) is 22.0 Å². The predicted octanol–water partition coefficient (Wildman–Crippen LogP) is 3.99. The molecule has 0 bridgehead atoms. The second-order valence-corrected chi connectivity index (χ2v) is 6.04.